The van der Waals surface area contributed by atoms with Gasteiger partial charge in [-0.1, -0.05) is 13.8 Å². The summed E-state index contributed by atoms with van der Waals surface area (Å²) in [5.74, 6) is 0.449. The van der Waals surface area contributed by atoms with Crippen molar-refractivity contribution in [1.29, 1.82) is 0 Å². The van der Waals surface area contributed by atoms with Gasteiger partial charge >= 0.3 is 0 Å². The minimum absolute atomic E-state index is 0.217. The SMILES string of the molecule is CC(C)Cc1[nH]n(-c2nccs2)c(=O)c1N. The zero-order valence-electron chi connectivity index (χ0n) is 9.23. The molecular weight excluding hydrogens is 224 g/mol. The third-order valence-electron chi connectivity index (χ3n) is 2.23. The van der Waals surface area contributed by atoms with Crippen LogP contribution < -0.4 is 11.3 Å². The van der Waals surface area contributed by atoms with Crippen LogP contribution >= 0.6 is 11.3 Å². The van der Waals surface area contributed by atoms with Crippen molar-refractivity contribution in [2.75, 3.05) is 5.73 Å². The van der Waals surface area contributed by atoms with E-state index in [-0.39, 0.29) is 5.56 Å². The second-order valence-corrected chi connectivity index (χ2v) is 4.93. The van der Waals surface area contributed by atoms with Gasteiger partial charge in [-0.05, 0) is 12.3 Å². The normalized spacial score (nSPS) is 11.2. The molecule has 0 spiro atoms. The highest BCUT2D eigenvalue weighted by Gasteiger charge is 2.14. The Kier molecular flexibility index (Phi) is 2.82. The molecule has 86 valence electrons. The number of nitrogen functional groups attached to an aromatic ring is 1. The first kappa shape index (κ1) is 10.9. The molecule has 0 amide bonds. The molecule has 2 aromatic rings. The molecule has 0 fully saturated rings. The summed E-state index contributed by atoms with van der Waals surface area (Å²) in [7, 11) is 0. The molecule has 0 bridgehead atoms. The number of rotatable bonds is 3. The van der Waals surface area contributed by atoms with Gasteiger partial charge in [0.05, 0.1) is 5.69 Å². The summed E-state index contributed by atoms with van der Waals surface area (Å²) in [6.07, 6.45) is 2.42. The van der Waals surface area contributed by atoms with Crippen LogP contribution in [0.1, 0.15) is 19.5 Å². The van der Waals surface area contributed by atoms with E-state index < -0.39 is 0 Å². The van der Waals surface area contributed by atoms with Crippen molar-refractivity contribution in [3.8, 4) is 5.13 Å². The van der Waals surface area contributed by atoms with Crippen molar-refractivity contribution in [3.05, 3.63) is 27.6 Å². The quantitative estimate of drug-likeness (QED) is 0.848. The van der Waals surface area contributed by atoms with Gasteiger partial charge in [-0.15, -0.1) is 11.3 Å². The van der Waals surface area contributed by atoms with Crippen molar-refractivity contribution in [3.63, 3.8) is 0 Å². The smallest absolute Gasteiger partial charge is 0.296 e. The lowest BCUT2D eigenvalue weighted by Crippen LogP contribution is -2.16. The highest BCUT2D eigenvalue weighted by molar-refractivity contribution is 7.12. The largest absolute Gasteiger partial charge is 0.393 e. The second kappa shape index (κ2) is 4.13. The maximum Gasteiger partial charge on any atom is 0.296 e. The maximum atomic E-state index is 11.8. The fourth-order valence-corrected chi connectivity index (χ4v) is 2.12. The fraction of sp³-hybridized carbons (Fsp3) is 0.400. The van der Waals surface area contributed by atoms with Crippen LogP contribution in [0.5, 0.6) is 0 Å². The first-order valence-corrected chi connectivity index (χ1v) is 5.96. The van der Waals surface area contributed by atoms with E-state index in [0.29, 0.717) is 16.7 Å². The zero-order chi connectivity index (χ0) is 11.7. The Morgan fingerprint density at radius 1 is 1.62 bits per heavy atom. The van der Waals surface area contributed by atoms with Crippen molar-refractivity contribution >= 4 is 17.0 Å². The lowest BCUT2D eigenvalue weighted by atomic mass is 10.1. The first-order chi connectivity index (χ1) is 7.59. The summed E-state index contributed by atoms with van der Waals surface area (Å²) in [5.41, 5.74) is 6.64. The highest BCUT2D eigenvalue weighted by Crippen LogP contribution is 2.14. The monoisotopic (exact) mass is 238 g/mol. The number of nitrogens with one attached hydrogen (secondary N) is 1. The van der Waals surface area contributed by atoms with E-state index in [2.05, 4.69) is 23.9 Å². The molecule has 0 saturated carbocycles. The molecule has 0 saturated heterocycles. The van der Waals surface area contributed by atoms with Crippen LogP contribution in [-0.4, -0.2) is 14.8 Å². The van der Waals surface area contributed by atoms with Gasteiger partial charge in [-0.25, -0.2) is 4.98 Å². The van der Waals surface area contributed by atoms with Crippen molar-refractivity contribution in [2.45, 2.75) is 20.3 Å². The van der Waals surface area contributed by atoms with Crippen LogP contribution in [0.15, 0.2) is 16.4 Å². The molecule has 0 radical (unpaired) electrons. The number of hydrogen-bond donors (Lipinski definition) is 2. The van der Waals surface area contributed by atoms with Crippen LogP contribution in [-0.2, 0) is 6.42 Å². The van der Waals surface area contributed by atoms with Crippen molar-refractivity contribution in [1.82, 2.24) is 14.8 Å². The number of anilines is 1. The van der Waals surface area contributed by atoms with Gasteiger partial charge in [-0.2, -0.15) is 4.68 Å². The fourth-order valence-electron chi connectivity index (χ4n) is 1.52. The van der Waals surface area contributed by atoms with Crippen LogP contribution in [0.2, 0.25) is 0 Å². The summed E-state index contributed by atoms with van der Waals surface area (Å²) >= 11 is 1.40. The van der Waals surface area contributed by atoms with Crippen molar-refractivity contribution < 1.29 is 0 Å². The van der Waals surface area contributed by atoms with E-state index in [1.165, 1.54) is 16.0 Å². The molecule has 2 rings (SSSR count). The van der Waals surface area contributed by atoms with Gasteiger partial charge < -0.3 is 5.73 Å². The molecule has 0 atom stereocenters. The molecule has 0 aliphatic rings. The summed E-state index contributed by atoms with van der Waals surface area (Å²) in [4.78, 5) is 15.9. The number of H-pyrrole nitrogens is 1. The minimum atomic E-state index is -0.217. The first-order valence-electron chi connectivity index (χ1n) is 5.09. The number of hydrogen-bond acceptors (Lipinski definition) is 4. The number of thiazole rings is 1. The molecule has 3 N–H and O–H groups in total. The Hall–Kier alpha value is -1.56. The third kappa shape index (κ3) is 1.88. The van der Waals surface area contributed by atoms with Gasteiger partial charge in [0.1, 0.15) is 5.69 Å². The van der Waals surface area contributed by atoms with E-state index in [9.17, 15) is 4.79 Å². The Morgan fingerprint density at radius 2 is 2.38 bits per heavy atom. The molecular formula is C10H14N4OS. The Bertz CT molecular complexity index is 524. The maximum absolute atomic E-state index is 11.8. The van der Waals surface area contributed by atoms with E-state index in [4.69, 9.17) is 5.73 Å². The molecule has 6 heteroatoms. The minimum Gasteiger partial charge on any atom is -0.393 e. The lowest BCUT2D eigenvalue weighted by Gasteiger charge is -2.01. The van der Waals surface area contributed by atoms with Crippen LogP contribution in [0.4, 0.5) is 5.69 Å². The number of aromatic amines is 1. The third-order valence-corrected chi connectivity index (χ3v) is 2.98. The predicted molar refractivity (Wildman–Crippen MR) is 65.0 cm³/mol. The summed E-state index contributed by atoms with van der Waals surface area (Å²) in [5, 5.41) is 5.45. The van der Waals surface area contributed by atoms with Gasteiger partial charge in [0.15, 0.2) is 0 Å². The zero-order valence-corrected chi connectivity index (χ0v) is 10.0. The van der Waals surface area contributed by atoms with Crippen molar-refractivity contribution in [2.24, 2.45) is 5.92 Å². The molecule has 0 unspecified atom stereocenters. The lowest BCUT2D eigenvalue weighted by molar-refractivity contribution is 0.628. The van der Waals surface area contributed by atoms with Gasteiger partial charge in [0.2, 0.25) is 5.13 Å². The average Bonchev–Trinajstić information content (AvgIpc) is 2.81. The highest BCUT2D eigenvalue weighted by atomic mass is 32.1. The summed E-state index contributed by atoms with van der Waals surface area (Å²) in [6, 6.07) is 0. The predicted octanol–water partition coefficient (Wildman–Crippen LogP) is 1.40. The molecule has 16 heavy (non-hydrogen) atoms. The number of aromatic nitrogens is 3. The summed E-state index contributed by atoms with van der Waals surface area (Å²) in [6.45, 7) is 4.16. The Balaban J connectivity index is 2.46. The van der Waals surface area contributed by atoms with E-state index in [1.54, 1.807) is 6.20 Å². The molecule has 2 aromatic heterocycles. The average molecular weight is 238 g/mol. The molecule has 0 aliphatic heterocycles. The molecule has 0 aliphatic carbocycles. The summed E-state index contributed by atoms with van der Waals surface area (Å²) < 4.78 is 1.40. The number of nitrogens with zero attached hydrogens (tertiary/aromatic N) is 2. The second-order valence-electron chi connectivity index (χ2n) is 4.06. The van der Waals surface area contributed by atoms with Gasteiger partial charge in [0, 0.05) is 11.6 Å². The van der Waals surface area contributed by atoms with Gasteiger partial charge in [0.25, 0.3) is 5.56 Å². The van der Waals surface area contributed by atoms with E-state index in [0.717, 1.165) is 12.1 Å². The Labute approximate surface area is 96.9 Å². The molecule has 0 aromatic carbocycles. The molecule has 5 nitrogen and oxygen atoms in total. The van der Waals surface area contributed by atoms with Gasteiger partial charge in [-0.3, -0.25) is 9.89 Å². The number of nitrogens with two attached hydrogens (primary N) is 1. The standard InChI is InChI=1S/C10H14N4OS/c1-6(2)5-7-8(11)9(15)14(13-7)10-12-3-4-16-10/h3-4,6,13H,5,11H2,1-2H3. The van der Waals surface area contributed by atoms with E-state index in [1.807, 2.05) is 5.38 Å². The van der Waals surface area contributed by atoms with Crippen LogP contribution in [0.3, 0.4) is 0 Å². The van der Waals surface area contributed by atoms with E-state index >= 15 is 0 Å². The molecule has 2 heterocycles. The Morgan fingerprint density at radius 3 is 2.94 bits per heavy atom. The topological polar surface area (TPSA) is 76.7 Å². The van der Waals surface area contributed by atoms with Crippen LogP contribution in [0, 0.1) is 5.92 Å². The van der Waals surface area contributed by atoms with Crippen LogP contribution in [0.25, 0.3) is 5.13 Å².